The van der Waals surface area contributed by atoms with E-state index in [0.29, 0.717) is 0 Å². The summed E-state index contributed by atoms with van der Waals surface area (Å²) in [6.45, 7) is 6.65. The molecule has 0 aromatic carbocycles. The van der Waals surface area contributed by atoms with Crippen LogP contribution in [0.25, 0.3) is 0 Å². The predicted molar refractivity (Wildman–Crippen MR) is 59.0 cm³/mol. The molecule has 0 heterocycles. The highest BCUT2D eigenvalue weighted by Gasteiger charge is 2.14. The van der Waals surface area contributed by atoms with Gasteiger partial charge in [-0.2, -0.15) is 0 Å². The van der Waals surface area contributed by atoms with Crippen LogP contribution in [0, 0.1) is 0 Å². The van der Waals surface area contributed by atoms with Gasteiger partial charge in [-0.1, -0.05) is 15.9 Å². The Morgan fingerprint density at radius 1 is 1.33 bits per heavy atom. The van der Waals surface area contributed by atoms with Gasteiger partial charge < -0.3 is 10.2 Å². The number of nitrogens with one attached hydrogen (secondary N) is 1. The summed E-state index contributed by atoms with van der Waals surface area (Å²) in [5.41, 5.74) is 0.263. The highest BCUT2D eigenvalue weighted by atomic mass is 79.9. The van der Waals surface area contributed by atoms with Gasteiger partial charge in [0.1, 0.15) is 0 Å². The van der Waals surface area contributed by atoms with Gasteiger partial charge in [-0.05, 0) is 34.4 Å². The fraction of sp³-hybridized carbons (Fsp3) is 1.00. The minimum atomic E-state index is 0.263. The molecule has 0 spiro atoms. The number of hydrogen-bond donors (Lipinski definition) is 1. The predicted octanol–water partition coefficient (Wildman–Crippen LogP) is 1.70. The first-order valence-electron chi connectivity index (χ1n) is 4.44. The van der Waals surface area contributed by atoms with Crippen LogP contribution in [0.1, 0.15) is 20.3 Å². The van der Waals surface area contributed by atoms with Gasteiger partial charge in [-0.3, -0.25) is 0 Å². The summed E-state index contributed by atoms with van der Waals surface area (Å²) in [6, 6.07) is 0. The molecule has 0 saturated carbocycles. The van der Waals surface area contributed by atoms with E-state index < -0.39 is 0 Å². The summed E-state index contributed by atoms with van der Waals surface area (Å²) in [4.78, 5) is 2.19. The second-order valence-electron chi connectivity index (χ2n) is 4.05. The van der Waals surface area contributed by atoms with Crippen LogP contribution in [0.15, 0.2) is 0 Å². The minimum absolute atomic E-state index is 0.263. The third-order valence-electron chi connectivity index (χ3n) is 1.88. The van der Waals surface area contributed by atoms with Crippen molar-refractivity contribution in [2.45, 2.75) is 25.8 Å². The summed E-state index contributed by atoms with van der Waals surface area (Å²) in [5.74, 6) is 0. The fourth-order valence-corrected chi connectivity index (χ4v) is 1.93. The first-order chi connectivity index (χ1) is 5.48. The number of alkyl halides is 1. The highest BCUT2D eigenvalue weighted by Crippen LogP contribution is 2.09. The Balaban J connectivity index is 3.46. The molecule has 0 fully saturated rings. The largest absolute Gasteiger partial charge is 0.310 e. The van der Waals surface area contributed by atoms with Gasteiger partial charge in [-0.25, -0.2) is 0 Å². The van der Waals surface area contributed by atoms with Crippen LogP contribution in [0.2, 0.25) is 0 Å². The van der Waals surface area contributed by atoms with E-state index in [-0.39, 0.29) is 5.54 Å². The van der Waals surface area contributed by atoms with Crippen molar-refractivity contribution in [3.8, 4) is 0 Å². The topological polar surface area (TPSA) is 15.3 Å². The molecule has 3 heteroatoms. The lowest BCUT2D eigenvalue weighted by atomic mass is 10.0. The zero-order chi connectivity index (χ0) is 9.61. The van der Waals surface area contributed by atoms with Gasteiger partial charge in [0.05, 0.1) is 0 Å². The van der Waals surface area contributed by atoms with Gasteiger partial charge in [0.15, 0.2) is 0 Å². The van der Waals surface area contributed by atoms with Crippen molar-refractivity contribution < 1.29 is 0 Å². The average molecular weight is 237 g/mol. The van der Waals surface area contributed by atoms with Crippen molar-refractivity contribution in [2.75, 3.05) is 32.5 Å². The van der Waals surface area contributed by atoms with E-state index in [1.165, 1.54) is 6.42 Å². The Hall–Kier alpha value is 0.400. The monoisotopic (exact) mass is 236 g/mol. The lowest BCUT2D eigenvalue weighted by molar-refractivity contribution is 0.334. The van der Waals surface area contributed by atoms with Crippen LogP contribution in [0.3, 0.4) is 0 Å². The van der Waals surface area contributed by atoms with Crippen LogP contribution >= 0.6 is 15.9 Å². The normalized spacial score (nSPS) is 12.5. The molecule has 0 aliphatic carbocycles. The van der Waals surface area contributed by atoms with Crippen LogP contribution in [-0.4, -0.2) is 43.0 Å². The Morgan fingerprint density at radius 3 is 2.33 bits per heavy atom. The summed E-state index contributed by atoms with van der Waals surface area (Å²) >= 11 is 3.46. The number of nitrogens with zero attached hydrogens (tertiary/aromatic N) is 1. The molecule has 0 rings (SSSR count). The Morgan fingerprint density at radius 2 is 1.92 bits per heavy atom. The number of rotatable bonds is 6. The van der Waals surface area contributed by atoms with E-state index in [2.05, 4.69) is 54.1 Å². The van der Waals surface area contributed by atoms with E-state index in [4.69, 9.17) is 0 Å². The van der Waals surface area contributed by atoms with Gasteiger partial charge in [0.2, 0.25) is 0 Å². The molecule has 0 amide bonds. The first kappa shape index (κ1) is 12.4. The molecule has 0 saturated heterocycles. The summed E-state index contributed by atoms with van der Waals surface area (Å²) in [5, 5.41) is 4.58. The fourth-order valence-electron chi connectivity index (χ4n) is 0.943. The molecule has 74 valence electrons. The Kier molecular flexibility index (Phi) is 6.14. The first-order valence-corrected chi connectivity index (χ1v) is 5.56. The smallest absolute Gasteiger partial charge is 0.0133 e. The van der Waals surface area contributed by atoms with Crippen molar-refractivity contribution in [1.82, 2.24) is 10.2 Å². The van der Waals surface area contributed by atoms with Crippen LogP contribution in [0.5, 0.6) is 0 Å². The van der Waals surface area contributed by atoms with E-state index >= 15 is 0 Å². The van der Waals surface area contributed by atoms with Crippen molar-refractivity contribution >= 4 is 15.9 Å². The van der Waals surface area contributed by atoms with E-state index in [9.17, 15) is 0 Å². The van der Waals surface area contributed by atoms with Gasteiger partial charge in [0.25, 0.3) is 0 Å². The number of hydrogen-bond acceptors (Lipinski definition) is 2. The molecule has 0 aliphatic heterocycles. The van der Waals surface area contributed by atoms with E-state index in [0.717, 1.165) is 18.4 Å². The Labute approximate surface area is 84.8 Å². The second kappa shape index (κ2) is 5.95. The molecule has 12 heavy (non-hydrogen) atoms. The Bertz CT molecular complexity index is 113. The quantitative estimate of drug-likeness (QED) is 0.707. The molecular weight excluding hydrogens is 216 g/mol. The number of halogens is 1. The van der Waals surface area contributed by atoms with Crippen molar-refractivity contribution in [1.29, 1.82) is 0 Å². The molecule has 0 radical (unpaired) electrons. The lowest BCUT2D eigenvalue weighted by Crippen LogP contribution is -2.42. The van der Waals surface area contributed by atoms with E-state index in [1.54, 1.807) is 0 Å². The van der Waals surface area contributed by atoms with Gasteiger partial charge >= 0.3 is 0 Å². The van der Waals surface area contributed by atoms with Crippen molar-refractivity contribution in [2.24, 2.45) is 0 Å². The maximum atomic E-state index is 3.52. The summed E-state index contributed by atoms with van der Waals surface area (Å²) < 4.78 is 0. The minimum Gasteiger partial charge on any atom is -0.310 e. The molecule has 0 aromatic heterocycles. The number of likely N-dealkylation sites (N-methyl/N-ethyl adjacent to an activating group) is 1. The van der Waals surface area contributed by atoms with Gasteiger partial charge in [-0.15, -0.1) is 0 Å². The SMILES string of the molecule is CN(C)CCNC(C)(C)CCBr. The third kappa shape index (κ3) is 7.07. The molecular formula is C9H21BrN2. The molecule has 1 N–H and O–H groups in total. The molecule has 0 aromatic rings. The maximum Gasteiger partial charge on any atom is 0.0133 e. The van der Waals surface area contributed by atoms with Crippen LogP contribution in [-0.2, 0) is 0 Å². The highest BCUT2D eigenvalue weighted by molar-refractivity contribution is 9.09. The third-order valence-corrected chi connectivity index (χ3v) is 2.28. The van der Waals surface area contributed by atoms with Gasteiger partial charge in [0, 0.05) is 24.0 Å². The van der Waals surface area contributed by atoms with E-state index in [1.807, 2.05) is 0 Å². The molecule has 0 aliphatic rings. The van der Waals surface area contributed by atoms with Crippen molar-refractivity contribution in [3.05, 3.63) is 0 Å². The molecule has 0 bridgehead atoms. The molecule has 2 nitrogen and oxygen atoms in total. The second-order valence-corrected chi connectivity index (χ2v) is 4.85. The summed E-state index contributed by atoms with van der Waals surface area (Å²) in [6.07, 6.45) is 1.17. The lowest BCUT2D eigenvalue weighted by Gasteiger charge is -2.26. The molecule has 0 unspecified atom stereocenters. The van der Waals surface area contributed by atoms with Crippen LogP contribution in [0.4, 0.5) is 0 Å². The summed E-state index contributed by atoms with van der Waals surface area (Å²) in [7, 11) is 4.19. The van der Waals surface area contributed by atoms with Crippen molar-refractivity contribution in [3.63, 3.8) is 0 Å². The zero-order valence-corrected chi connectivity index (χ0v) is 10.2. The maximum absolute atomic E-state index is 3.52. The average Bonchev–Trinajstić information content (AvgIpc) is 1.85. The zero-order valence-electron chi connectivity index (χ0n) is 8.65. The van der Waals surface area contributed by atoms with Crippen LogP contribution < -0.4 is 5.32 Å². The standard InChI is InChI=1S/C9H21BrN2/c1-9(2,5-6-10)11-7-8-12(3)4/h11H,5-8H2,1-4H3. The molecule has 0 atom stereocenters.